The van der Waals surface area contributed by atoms with Gasteiger partial charge in [-0.3, -0.25) is 9.59 Å². The lowest BCUT2D eigenvalue weighted by atomic mass is 9.86. The molecule has 1 heterocycles. The van der Waals surface area contributed by atoms with Crippen LogP contribution in [0.3, 0.4) is 0 Å². The van der Waals surface area contributed by atoms with Crippen LogP contribution in [0.5, 0.6) is 0 Å². The third kappa shape index (κ3) is 5.00. The van der Waals surface area contributed by atoms with E-state index in [0.29, 0.717) is 18.4 Å². The Balaban J connectivity index is 1.66. The Morgan fingerprint density at radius 3 is 2.66 bits per heavy atom. The highest BCUT2D eigenvalue weighted by Gasteiger charge is 2.52. The van der Waals surface area contributed by atoms with Crippen LogP contribution in [0.4, 0.5) is 8.78 Å². The first-order chi connectivity index (χ1) is 13.8. The minimum absolute atomic E-state index is 0.144. The minimum Gasteiger partial charge on any atom is -0.462 e. The molecule has 1 aromatic rings. The smallest absolute Gasteiger partial charge is 0.338 e. The number of hydrogen-bond donors (Lipinski definition) is 0. The quantitative estimate of drug-likeness (QED) is 0.569. The number of alkyl halides is 2. The highest BCUT2D eigenvalue weighted by molar-refractivity contribution is 5.89. The van der Waals surface area contributed by atoms with Gasteiger partial charge in [0.25, 0.3) is 0 Å². The largest absolute Gasteiger partial charge is 0.462 e. The van der Waals surface area contributed by atoms with E-state index >= 15 is 0 Å². The number of fused-ring (bicyclic) bond motifs is 1. The van der Waals surface area contributed by atoms with E-state index in [1.165, 1.54) is 0 Å². The average Bonchev–Trinajstić information content (AvgIpc) is 3.20. The van der Waals surface area contributed by atoms with Crippen LogP contribution in [0.25, 0.3) is 0 Å². The van der Waals surface area contributed by atoms with Gasteiger partial charge < -0.3 is 9.47 Å². The minimum atomic E-state index is -3.34. The molecule has 1 saturated heterocycles. The monoisotopic (exact) mass is 408 g/mol. The van der Waals surface area contributed by atoms with Crippen LogP contribution in [0.15, 0.2) is 30.3 Å². The van der Waals surface area contributed by atoms with Crippen LogP contribution in [-0.2, 0) is 19.1 Å². The van der Waals surface area contributed by atoms with Crippen molar-refractivity contribution in [3.63, 3.8) is 0 Å². The van der Waals surface area contributed by atoms with E-state index in [1.807, 2.05) is 0 Å². The Hall–Kier alpha value is -2.31. The molecule has 1 aromatic carbocycles. The molecule has 7 heteroatoms. The van der Waals surface area contributed by atoms with Gasteiger partial charge in [0.15, 0.2) is 0 Å². The summed E-state index contributed by atoms with van der Waals surface area (Å²) in [6.45, 7) is 1.79. The zero-order chi connectivity index (χ0) is 21.0. The fourth-order valence-electron chi connectivity index (χ4n) is 4.29. The molecular weight excluding hydrogens is 382 g/mol. The fraction of sp³-hybridized carbons (Fsp3) is 0.591. The zero-order valence-corrected chi connectivity index (χ0v) is 16.4. The molecule has 4 atom stereocenters. The lowest BCUT2D eigenvalue weighted by Crippen LogP contribution is -2.31. The molecule has 1 aliphatic carbocycles. The maximum atomic E-state index is 14.0. The normalized spacial score (nSPS) is 26.1. The summed E-state index contributed by atoms with van der Waals surface area (Å²) < 4.78 is 39.0. The van der Waals surface area contributed by atoms with Crippen LogP contribution in [0.1, 0.15) is 62.2 Å². The number of Topliss-reactive ketones (excluding diaryl/α,β-unsaturated/α-hetero) is 1. The maximum absolute atomic E-state index is 14.0. The van der Waals surface area contributed by atoms with E-state index in [-0.39, 0.29) is 43.5 Å². The maximum Gasteiger partial charge on any atom is 0.338 e. The number of hydrogen-bond acceptors (Lipinski definition) is 5. The first-order valence-electron chi connectivity index (χ1n) is 10.2. The SMILES string of the molecule is CCCCC(F)(F)C(=O)CC[C@@H]1[C@H]2CC(=O)O[C@H]2C[C@H]1OC(=O)c1ccccc1. The molecule has 0 aromatic heterocycles. The second-order valence-electron chi connectivity index (χ2n) is 7.88. The third-order valence-electron chi connectivity index (χ3n) is 5.88. The van der Waals surface area contributed by atoms with E-state index < -0.39 is 36.3 Å². The predicted molar refractivity (Wildman–Crippen MR) is 100 cm³/mol. The third-order valence-corrected chi connectivity index (χ3v) is 5.88. The summed E-state index contributed by atoms with van der Waals surface area (Å²) in [6.07, 6.45) is -0.204. The molecule has 158 valence electrons. The van der Waals surface area contributed by atoms with Gasteiger partial charge in [-0.15, -0.1) is 0 Å². The van der Waals surface area contributed by atoms with Gasteiger partial charge in [-0.25, -0.2) is 4.79 Å². The molecule has 2 fully saturated rings. The Bertz CT molecular complexity index is 749. The summed E-state index contributed by atoms with van der Waals surface area (Å²) in [4.78, 5) is 36.2. The van der Waals surface area contributed by atoms with Crippen molar-refractivity contribution >= 4 is 17.7 Å². The Morgan fingerprint density at radius 1 is 1.24 bits per heavy atom. The summed E-state index contributed by atoms with van der Waals surface area (Å²) in [7, 11) is 0. The Kier molecular flexibility index (Phi) is 6.65. The molecule has 3 rings (SSSR count). The summed E-state index contributed by atoms with van der Waals surface area (Å²) in [5.74, 6) is -5.85. The van der Waals surface area contributed by atoms with E-state index in [4.69, 9.17) is 9.47 Å². The molecule has 0 unspecified atom stereocenters. The molecule has 0 spiro atoms. The Morgan fingerprint density at radius 2 is 1.97 bits per heavy atom. The number of carbonyl (C=O) groups excluding carboxylic acids is 3. The van der Waals surface area contributed by atoms with Crippen LogP contribution in [0, 0.1) is 11.8 Å². The van der Waals surface area contributed by atoms with Crippen LogP contribution in [-0.4, -0.2) is 35.9 Å². The lowest BCUT2D eigenvalue weighted by molar-refractivity contribution is -0.144. The first kappa shape index (κ1) is 21.4. The van der Waals surface area contributed by atoms with Crippen molar-refractivity contribution in [3.8, 4) is 0 Å². The molecule has 0 radical (unpaired) electrons. The highest BCUT2D eigenvalue weighted by Crippen LogP contribution is 2.45. The van der Waals surface area contributed by atoms with Crippen LogP contribution < -0.4 is 0 Å². The van der Waals surface area contributed by atoms with E-state index in [9.17, 15) is 23.2 Å². The second kappa shape index (κ2) is 9.01. The van der Waals surface area contributed by atoms with Gasteiger partial charge in [0.2, 0.25) is 5.78 Å². The second-order valence-corrected chi connectivity index (χ2v) is 7.88. The molecule has 0 amide bonds. The van der Waals surface area contributed by atoms with Gasteiger partial charge in [-0.2, -0.15) is 8.78 Å². The molecular formula is C22H26F2O5. The van der Waals surface area contributed by atoms with Crippen molar-refractivity contribution in [1.29, 1.82) is 0 Å². The van der Waals surface area contributed by atoms with Gasteiger partial charge in [0, 0.05) is 31.1 Å². The van der Waals surface area contributed by atoms with E-state index in [0.717, 1.165) is 0 Å². The van der Waals surface area contributed by atoms with E-state index in [2.05, 4.69) is 0 Å². The average molecular weight is 408 g/mol. The summed E-state index contributed by atoms with van der Waals surface area (Å²) >= 11 is 0. The lowest BCUT2D eigenvalue weighted by Gasteiger charge is -2.24. The van der Waals surface area contributed by atoms with Crippen molar-refractivity contribution in [3.05, 3.63) is 35.9 Å². The molecule has 1 saturated carbocycles. The molecule has 2 aliphatic rings. The first-order valence-corrected chi connectivity index (χ1v) is 10.2. The number of ether oxygens (including phenoxy) is 2. The van der Waals surface area contributed by atoms with E-state index in [1.54, 1.807) is 37.3 Å². The number of benzene rings is 1. The van der Waals surface area contributed by atoms with Gasteiger partial charge in [0.1, 0.15) is 12.2 Å². The van der Waals surface area contributed by atoms with Crippen molar-refractivity contribution in [1.82, 2.24) is 0 Å². The van der Waals surface area contributed by atoms with Crippen LogP contribution in [0.2, 0.25) is 0 Å². The highest BCUT2D eigenvalue weighted by atomic mass is 19.3. The molecule has 1 aliphatic heterocycles. The standard InChI is InChI=1S/C22H26F2O5/c1-2-3-11-22(23,24)19(25)10-9-15-16-12-20(26)28-18(16)13-17(15)29-21(27)14-7-5-4-6-8-14/h4-8,15-18H,2-3,9-13H2,1H3/t15-,16-,17-,18+/m1/s1. The number of ketones is 1. The topological polar surface area (TPSA) is 69.7 Å². The van der Waals surface area contributed by atoms with Crippen molar-refractivity contribution < 1.29 is 32.6 Å². The molecule has 29 heavy (non-hydrogen) atoms. The number of esters is 2. The molecule has 0 N–H and O–H groups in total. The number of unbranched alkanes of at least 4 members (excludes halogenated alkanes) is 1. The molecule has 5 nitrogen and oxygen atoms in total. The van der Waals surface area contributed by atoms with Crippen molar-refractivity contribution in [2.45, 2.75) is 70.0 Å². The van der Waals surface area contributed by atoms with Crippen LogP contribution >= 0.6 is 0 Å². The van der Waals surface area contributed by atoms with Gasteiger partial charge in [0.05, 0.1) is 12.0 Å². The van der Waals surface area contributed by atoms with Crippen molar-refractivity contribution in [2.24, 2.45) is 11.8 Å². The zero-order valence-electron chi connectivity index (χ0n) is 16.4. The Labute approximate surface area is 168 Å². The van der Waals surface area contributed by atoms with Gasteiger partial charge in [-0.05, 0) is 25.0 Å². The number of carbonyl (C=O) groups is 3. The predicted octanol–water partition coefficient (Wildman–Crippen LogP) is 4.34. The number of halogens is 2. The van der Waals surface area contributed by atoms with Crippen molar-refractivity contribution in [2.75, 3.05) is 0 Å². The fourth-order valence-corrected chi connectivity index (χ4v) is 4.29. The summed E-state index contributed by atoms with van der Waals surface area (Å²) in [6, 6.07) is 8.48. The molecule has 0 bridgehead atoms. The summed E-state index contributed by atoms with van der Waals surface area (Å²) in [5, 5.41) is 0. The van der Waals surface area contributed by atoms with Gasteiger partial charge in [-0.1, -0.05) is 31.5 Å². The summed E-state index contributed by atoms with van der Waals surface area (Å²) in [5.41, 5.74) is 0.391. The number of rotatable bonds is 9. The van der Waals surface area contributed by atoms with Gasteiger partial charge >= 0.3 is 17.9 Å².